The number of ether oxygens (including phenoxy) is 2. The van der Waals surface area contributed by atoms with Crippen molar-refractivity contribution in [1.82, 2.24) is 20.4 Å². The smallest absolute Gasteiger partial charge is 0.290 e. The van der Waals surface area contributed by atoms with Gasteiger partial charge < -0.3 is 9.47 Å². The molecule has 2 aromatic rings. The van der Waals surface area contributed by atoms with Crippen molar-refractivity contribution in [3.05, 3.63) is 47.5 Å². The van der Waals surface area contributed by atoms with Crippen molar-refractivity contribution in [1.29, 1.82) is 0 Å². The molecule has 1 saturated heterocycles. The molecule has 1 aliphatic rings. The van der Waals surface area contributed by atoms with Crippen LogP contribution in [0.1, 0.15) is 27.1 Å². The molecule has 9 heteroatoms. The van der Waals surface area contributed by atoms with E-state index in [0.29, 0.717) is 17.2 Å². The van der Waals surface area contributed by atoms with Gasteiger partial charge in [-0.2, -0.15) is 0 Å². The molecule has 1 unspecified atom stereocenters. The highest BCUT2D eigenvalue weighted by Gasteiger charge is 2.35. The van der Waals surface area contributed by atoms with Gasteiger partial charge in [-0.05, 0) is 24.6 Å². The molecular formula is C17H18N4O4S. The fourth-order valence-corrected chi connectivity index (χ4v) is 3.57. The van der Waals surface area contributed by atoms with E-state index in [1.54, 1.807) is 33.3 Å². The first-order chi connectivity index (χ1) is 12.5. The Kier molecular flexibility index (Phi) is 5.27. The first kappa shape index (κ1) is 18.0. The monoisotopic (exact) mass is 374 g/mol. The Hall–Kier alpha value is -2.81. The van der Waals surface area contributed by atoms with E-state index < -0.39 is 5.91 Å². The molecule has 1 N–H and O–H groups in total. The van der Waals surface area contributed by atoms with Crippen molar-refractivity contribution in [2.24, 2.45) is 0 Å². The molecule has 0 spiro atoms. The first-order valence-electron chi connectivity index (χ1n) is 7.78. The molecule has 3 rings (SSSR count). The van der Waals surface area contributed by atoms with Gasteiger partial charge in [0.05, 0.1) is 31.9 Å². The summed E-state index contributed by atoms with van der Waals surface area (Å²) < 4.78 is 10.6. The molecule has 0 bridgehead atoms. The second kappa shape index (κ2) is 7.61. The van der Waals surface area contributed by atoms with E-state index in [4.69, 9.17) is 9.47 Å². The second-order valence-electron chi connectivity index (χ2n) is 5.53. The molecule has 1 atom stereocenters. The van der Waals surface area contributed by atoms with Crippen LogP contribution in [0, 0.1) is 6.92 Å². The molecule has 1 aromatic heterocycles. The maximum Gasteiger partial charge on any atom is 0.290 e. The maximum absolute atomic E-state index is 12.4. The number of thioether (sulfide) groups is 1. The number of amides is 2. The van der Waals surface area contributed by atoms with Gasteiger partial charge >= 0.3 is 0 Å². The standard InChI is InChI=1S/C17H18N4O4S/c1-10-7-19-12(8-18-10)16(23)20-21-15(22)9-26-17(21)11-4-5-13(24-2)14(6-11)25-3/h4-8,17H,9H2,1-3H3,(H,20,23). The molecule has 136 valence electrons. The number of carbonyl (C=O) groups is 2. The number of benzene rings is 1. The lowest BCUT2D eigenvalue weighted by molar-refractivity contribution is -0.130. The minimum Gasteiger partial charge on any atom is -0.493 e. The van der Waals surface area contributed by atoms with E-state index in [9.17, 15) is 9.59 Å². The molecule has 2 amide bonds. The fourth-order valence-electron chi connectivity index (χ4n) is 2.47. The summed E-state index contributed by atoms with van der Waals surface area (Å²) in [5.74, 6) is 0.734. The van der Waals surface area contributed by atoms with Crippen LogP contribution < -0.4 is 14.9 Å². The second-order valence-corrected chi connectivity index (χ2v) is 6.59. The largest absolute Gasteiger partial charge is 0.493 e. The molecule has 1 aromatic carbocycles. The topological polar surface area (TPSA) is 93.7 Å². The number of aromatic nitrogens is 2. The molecule has 2 heterocycles. The molecule has 8 nitrogen and oxygen atoms in total. The summed E-state index contributed by atoms with van der Waals surface area (Å²) in [5, 5.41) is 0.945. The number of hydrogen-bond donors (Lipinski definition) is 1. The molecule has 0 aliphatic carbocycles. The maximum atomic E-state index is 12.4. The molecule has 1 fully saturated rings. The Labute approximate surface area is 154 Å². The lowest BCUT2D eigenvalue weighted by Crippen LogP contribution is -2.44. The number of nitrogens with one attached hydrogen (secondary N) is 1. The predicted molar refractivity (Wildman–Crippen MR) is 95.8 cm³/mol. The molecule has 1 aliphatic heterocycles. The van der Waals surface area contributed by atoms with Crippen LogP contribution in [0.4, 0.5) is 0 Å². The van der Waals surface area contributed by atoms with Crippen molar-refractivity contribution in [3.8, 4) is 11.5 Å². The van der Waals surface area contributed by atoms with Gasteiger partial charge in [-0.25, -0.2) is 9.99 Å². The lowest BCUT2D eigenvalue weighted by atomic mass is 10.2. The van der Waals surface area contributed by atoms with Crippen molar-refractivity contribution in [2.75, 3.05) is 20.0 Å². The Bertz CT molecular complexity index is 828. The van der Waals surface area contributed by atoms with E-state index in [0.717, 1.165) is 5.56 Å². The fraction of sp³-hybridized carbons (Fsp3) is 0.294. The van der Waals surface area contributed by atoms with Gasteiger partial charge in [0.1, 0.15) is 11.1 Å². The summed E-state index contributed by atoms with van der Waals surface area (Å²) in [6.45, 7) is 1.78. The molecular weight excluding hydrogens is 356 g/mol. The number of carbonyl (C=O) groups excluding carboxylic acids is 2. The summed E-state index contributed by atoms with van der Waals surface area (Å²) in [4.78, 5) is 32.7. The van der Waals surface area contributed by atoms with Crippen LogP contribution in [0.25, 0.3) is 0 Å². The Morgan fingerprint density at radius 2 is 2.00 bits per heavy atom. The van der Waals surface area contributed by atoms with Gasteiger partial charge in [-0.3, -0.25) is 20.0 Å². The lowest BCUT2D eigenvalue weighted by Gasteiger charge is -2.25. The summed E-state index contributed by atoms with van der Waals surface area (Å²) in [6.07, 6.45) is 2.88. The predicted octanol–water partition coefficient (Wildman–Crippen LogP) is 1.72. The van der Waals surface area contributed by atoms with E-state index in [2.05, 4.69) is 15.4 Å². The van der Waals surface area contributed by atoms with E-state index in [1.807, 2.05) is 6.07 Å². The number of nitrogens with zero attached hydrogens (tertiary/aromatic N) is 3. The van der Waals surface area contributed by atoms with E-state index >= 15 is 0 Å². The van der Waals surface area contributed by atoms with Gasteiger partial charge in [0.25, 0.3) is 11.8 Å². The van der Waals surface area contributed by atoms with Gasteiger partial charge in [0.2, 0.25) is 0 Å². The minimum absolute atomic E-state index is 0.145. The summed E-state index contributed by atoms with van der Waals surface area (Å²) in [6, 6.07) is 5.39. The number of aryl methyl sites for hydroxylation is 1. The number of rotatable bonds is 5. The van der Waals surface area contributed by atoms with Crippen LogP contribution >= 0.6 is 11.8 Å². The van der Waals surface area contributed by atoms with Gasteiger partial charge in [0.15, 0.2) is 11.5 Å². The summed E-state index contributed by atoms with van der Waals surface area (Å²) in [5.41, 5.74) is 4.29. The number of methoxy groups -OCH3 is 2. The van der Waals surface area contributed by atoms with Crippen molar-refractivity contribution in [2.45, 2.75) is 12.3 Å². The van der Waals surface area contributed by atoms with Crippen LogP contribution in [0.5, 0.6) is 11.5 Å². The van der Waals surface area contributed by atoms with Crippen molar-refractivity contribution < 1.29 is 19.1 Å². The summed E-state index contributed by atoms with van der Waals surface area (Å²) >= 11 is 1.41. The number of hydrogen-bond acceptors (Lipinski definition) is 7. The quantitative estimate of drug-likeness (QED) is 0.852. The zero-order valence-electron chi connectivity index (χ0n) is 14.6. The average Bonchev–Trinajstić information content (AvgIpc) is 3.02. The molecule has 26 heavy (non-hydrogen) atoms. The zero-order chi connectivity index (χ0) is 18.7. The Morgan fingerprint density at radius 3 is 2.65 bits per heavy atom. The van der Waals surface area contributed by atoms with Crippen LogP contribution in [0.2, 0.25) is 0 Å². The van der Waals surface area contributed by atoms with Crippen LogP contribution in [-0.2, 0) is 4.79 Å². The molecule has 0 radical (unpaired) electrons. The SMILES string of the molecule is COc1ccc(C2SCC(=O)N2NC(=O)c2cnc(C)cn2)cc1OC. The van der Waals surface area contributed by atoms with Crippen molar-refractivity contribution in [3.63, 3.8) is 0 Å². The molecule has 0 saturated carbocycles. The first-order valence-corrected chi connectivity index (χ1v) is 8.83. The number of hydrazine groups is 1. The van der Waals surface area contributed by atoms with E-state index in [-0.39, 0.29) is 22.7 Å². The minimum atomic E-state index is -0.487. The normalized spacial score (nSPS) is 16.5. The Morgan fingerprint density at radius 1 is 1.23 bits per heavy atom. The highest BCUT2D eigenvalue weighted by molar-refractivity contribution is 8.00. The third-order valence-corrected chi connectivity index (χ3v) is 5.01. The van der Waals surface area contributed by atoms with Gasteiger partial charge in [0, 0.05) is 6.20 Å². The summed E-state index contributed by atoms with van der Waals surface area (Å²) in [7, 11) is 3.10. The highest BCUT2D eigenvalue weighted by atomic mass is 32.2. The van der Waals surface area contributed by atoms with Crippen LogP contribution in [-0.4, -0.2) is 46.8 Å². The third kappa shape index (κ3) is 3.57. The van der Waals surface area contributed by atoms with Gasteiger partial charge in [-0.15, -0.1) is 11.8 Å². The van der Waals surface area contributed by atoms with Crippen LogP contribution in [0.15, 0.2) is 30.6 Å². The zero-order valence-corrected chi connectivity index (χ0v) is 15.4. The Balaban J connectivity index is 1.82. The van der Waals surface area contributed by atoms with Crippen molar-refractivity contribution >= 4 is 23.6 Å². The van der Waals surface area contributed by atoms with Gasteiger partial charge in [-0.1, -0.05) is 6.07 Å². The van der Waals surface area contributed by atoms with Crippen LogP contribution in [0.3, 0.4) is 0 Å². The average molecular weight is 374 g/mol. The third-order valence-electron chi connectivity index (χ3n) is 3.80. The van der Waals surface area contributed by atoms with E-state index in [1.165, 1.54) is 29.2 Å². The highest BCUT2D eigenvalue weighted by Crippen LogP contribution is 2.40.